The number of fused-ring (bicyclic) bond motifs is 1. The molecule has 1 aromatic heterocycles. The molecule has 0 saturated heterocycles. The van der Waals surface area contributed by atoms with Gasteiger partial charge in [0.15, 0.2) is 0 Å². The van der Waals surface area contributed by atoms with Crippen molar-refractivity contribution < 1.29 is 4.39 Å². The topological polar surface area (TPSA) is 15.8 Å². The molecule has 60 valence electrons. The van der Waals surface area contributed by atoms with E-state index in [1.165, 1.54) is 12.1 Å². The normalized spacial score (nSPS) is 10.4. The molecule has 0 unspecified atom stereocenters. The van der Waals surface area contributed by atoms with Gasteiger partial charge in [0.2, 0.25) is 0 Å². The summed E-state index contributed by atoms with van der Waals surface area (Å²) in [6.07, 6.45) is 3.56. The number of hydrogen-bond acceptors (Lipinski definition) is 0. The molecule has 1 aromatic carbocycles. The highest BCUT2D eigenvalue weighted by Crippen LogP contribution is 2.19. The molecule has 0 radical (unpaired) electrons. The maximum Gasteiger partial charge on any atom is 0.125 e. The van der Waals surface area contributed by atoms with Crippen LogP contribution in [0, 0.1) is 5.82 Å². The fourth-order valence-corrected chi connectivity index (χ4v) is 1.29. The van der Waals surface area contributed by atoms with Crippen LogP contribution in [-0.4, -0.2) is 4.98 Å². The number of halogens is 1. The van der Waals surface area contributed by atoms with Gasteiger partial charge in [-0.1, -0.05) is 12.7 Å². The van der Waals surface area contributed by atoms with Gasteiger partial charge in [-0.15, -0.1) is 0 Å². The SMILES string of the molecule is C=Cc1c[nH]c2cc(F)ccc12. The molecule has 1 heterocycles. The van der Waals surface area contributed by atoms with E-state index >= 15 is 0 Å². The first-order chi connectivity index (χ1) is 5.81. The second kappa shape index (κ2) is 2.48. The van der Waals surface area contributed by atoms with E-state index in [-0.39, 0.29) is 5.82 Å². The molecule has 0 bridgehead atoms. The van der Waals surface area contributed by atoms with Gasteiger partial charge in [-0.2, -0.15) is 0 Å². The van der Waals surface area contributed by atoms with Gasteiger partial charge in [-0.3, -0.25) is 0 Å². The number of aromatic amines is 1. The van der Waals surface area contributed by atoms with Crippen molar-refractivity contribution in [1.82, 2.24) is 4.98 Å². The molecule has 2 aromatic rings. The highest BCUT2D eigenvalue weighted by molar-refractivity contribution is 5.88. The number of H-pyrrole nitrogens is 1. The van der Waals surface area contributed by atoms with Crippen LogP contribution in [0.3, 0.4) is 0 Å². The van der Waals surface area contributed by atoms with Crippen molar-refractivity contribution in [3.8, 4) is 0 Å². The highest BCUT2D eigenvalue weighted by atomic mass is 19.1. The predicted molar refractivity (Wildman–Crippen MR) is 48.3 cm³/mol. The van der Waals surface area contributed by atoms with Gasteiger partial charge in [-0.05, 0) is 23.8 Å². The predicted octanol–water partition coefficient (Wildman–Crippen LogP) is 2.95. The lowest BCUT2D eigenvalue weighted by molar-refractivity contribution is 0.629. The Labute approximate surface area is 69.5 Å². The van der Waals surface area contributed by atoms with Crippen LogP contribution in [0.1, 0.15) is 5.56 Å². The van der Waals surface area contributed by atoms with Crippen LogP contribution in [0.2, 0.25) is 0 Å². The van der Waals surface area contributed by atoms with Crippen molar-refractivity contribution in [2.24, 2.45) is 0 Å². The zero-order valence-electron chi connectivity index (χ0n) is 6.47. The third-order valence-electron chi connectivity index (χ3n) is 1.90. The molecule has 0 aliphatic carbocycles. The van der Waals surface area contributed by atoms with E-state index in [1.54, 1.807) is 12.1 Å². The van der Waals surface area contributed by atoms with Gasteiger partial charge in [0, 0.05) is 17.1 Å². The zero-order chi connectivity index (χ0) is 8.55. The Balaban J connectivity index is 2.81. The fourth-order valence-electron chi connectivity index (χ4n) is 1.29. The number of aromatic nitrogens is 1. The van der Waals surface area contributed by atoms with Crippen molar-refractivity contribution in [2.45, 2.75) is 0 Å². The van der Waals surface area contributed by atoms with Crippen LogP contribution in [0.25, 0.3) is 17.0 Å². The minimum Gasteiger partial charge on any atom is -0.360 e. The number of nitrogens with one attached hydrogen (secondary N) is 1. The zero-order valence-corrected chi connectivity index (χ0v) is 6.47. The van der Waals surface area contributed by atoms with Crippen molar-refractivity contribution in [2.75, 3.05) is 0 Å². The lowest BCUT2D eigenvalue weighted by Crippen LogP contribution is -1.73. The standard InChI is InChI=1S/C10H8FN/c1-2-7-6-12-10-5-8(11)3-4-9(7)10/h2-6,12H,1H2. The van der Waals surface area contributed by atoms with Crippen LogP contribution in [0.4, 0.5) is 4.39 Å². The molecule has 0 saturated carbocycles. The van der Waals surface area contributed by atoms with Gasteiger partial charge in [0.1, 0.15) is 5.82 Å². The second-order valence-corrected chi connectivity index (χ2v) is 2.64. The Morgan fingerprint density at radius 1 is 1.42 bits per heavy atom. The van der Waals surface area contributed by atoms with E-state index in [4.69, 9.17) is 0 Å². The lowest BCUT2D eigenvalue weighted by atomic mass is 10.2. The lowest BCUT2D eigenvalue weighted by Gasteiger charge is -1.90. The molecule has 2 rings (SSSR count). The van der Waals surface area contributed by atoms with Gasteiger partial charge in [0.25, 0.3) is 0 Å². The molecule has 0 aliphatic rings. The van der Waals surface area contributed by atoms with Crippen LogP contribution in [0.15, 0.2) is 31.0 Å². The van der Waals surface area contributed by atoms with E-state index in [2.05, 4.69) is 11.6 Å². The summed E-state index contributed by atoms with van der Waals surface area (Å²) in [5, 5.41) is 1.01. The molecule has 0 atom stereocenters. The molecule has 2 heteroatoms. The Kier molecular flexibility index (Phi) is 1.47. The van der Waals surface area contributed by atoms with Gasteiger partial charge >= 0.3 is 0 Å². The van der Waals surface area contributed by atoms with Gasteiger partial charge in [-0.25, -0.2) is 4.39 Å². The van der Waals surface area contributed by atoms with E-state index < -0.39 is 0 Å². The number of benzene rings is 1. The van der Waals surface area contributed by atoms with Crippen molar-refractivity contribution in [3.05, 3.63) is 42.4 Å². The Bertz CT molecular complexity index is 428. The second-order valence-electron chi connectivity index (χ2n) is 2.64. The fraction of sp³-hybridized carbons (Fsp3) is 0. The molecule has 1 N–H and O–H groups in total. The molecule has 1 nitrogen and oxygen atoms in total. The third-order valence-corrected chi connectivity index (χ3v) is 1.90. The van der Waals surface area contributed by atoms with Crippen molar-refractivity contribution in [1.29, 1.82) is 0 Å². The van der Waals surface area contributed by atoms with E-state index in [0.29, 0.717) is 0 Å². The summed E-state index contributed by atoms with van der Waals surface area (Å²) < 4.78 is 12.7. The molecule has 0 fully saturated rings. The van der Waals surface area contributed by atoms with E-state index in [1.807, 2.05) is 6.20 Å². The average molecular weight is 161 g/mol. The summed E-state index contributed by atoms with van der Waals surface area (Å²) in [6.45, 7) is 3.66. The molecule has 0 aliphatic heterocycles. The first-order valence-electron chi connectivity index (χ1n) is 3.70. The first kappa shape index (κ1) is 7.10. The summed E-state index contributed by atoms with van der Waals surface area (Å²) >= 11 is 0. The first-order valence-corrected chi connectivity index (χ1v) is 3.70. The summed E-state index contributed by atoms with van der Waals surface area (Å²) in [4.78, 5) is 2.97. The van der Waals surface area contributed by atoms with Gasteiger partial charge in [0.05, 0.1) is 0 Å². The minimum atomic E-state index is -0.222. The quantitative estimate of drug-likeness (QED) is 0.661. The maximum absolute atomic E-state index is 12.7. The Morgan fingerprint density at radius 3 is 3.00 bits per heavy atom. The number of rotatable bonds is 1. The largest absolute Gasteiger partial charge is 0.360 e. The van der Waals surface area contributed by atoms with Crippen molar-refractivity contribution in [3.63, 3.8) is 0 Å². The molecular formula is C10H8FN. The smallest absolute Gasteiger partial charge is 0.125 e. The average Bonchev–Trinajstić information content (AvgIpc) is 2.46. The number of hydrogen-bond donors (Lipinski definition) is 1. The van der Waals surface area contributed by atoms with Gasteiger partial charge < -0.3 is 4.98 Å². The summed E-state index contributed by atoms with van der Waals surface area (Å²) in [6, 6.07) is 4.67. The molecule has 12 heavy (non-hydrogen) atoms. The highest BCUT2D eigenvalue weighted by Gasteiger charge is 2.00. The van der Waals surface area contributed by atoms with Crippen molar-refractivity contribution >= 4 is 17.0 Å². The minimum absolute atomic E-state index is 0.222. The molecule has 0 amide bonds. The Hall–Kier alpha value is -1.57. The van der Waals surface area contributed by atoms with Crippen LogP contribution < -0.4 is 0 Å². The van der Waals surface area contributed by atoms with E-state index in [9.17, 15) is 4.39 Å². The molecular weight excluding hydrogens is 153 g/mol. The summed E-state index contributed by atoms with van der Waals surface area (Å²) in [5.74, 6) is -0.222. The van der Waals surface area contributed by atoms with Crippen LogP contribution in [0.5, 0.6) is 0 Å². The monoisotopic (exact) mass is 161 g/mol. The van der Waals surface area contributed by atoms with Crippen LogP contribution in [-0.2, 0) is 0 Å². The van der Waals surface area contributed by atoms with E-state index in [0.717, 1.165) is 16.5 Å². The Morgan fingerprint density at radius 2 is 2.25 bits per heavy atom. The van der Waals surface area contributed by atoms with Crippen LogP contribution >= 0.6 is 0 Å². The maximum atomic E-state index is 12.7. The molecule has 0 spiro atoms. The summed E-state index contributed by atoms with van der Waals surface area (Å²) in [7, 11) is 0. The third kappa shape index (κ3) is 0.925. The summed E-state index contributed by atoms with van der Waals surface area (Å²) in [5.41, 5.74) is 1.81.